The van der Waals surface area contributed by atoms with E-state index in [-0.39, 0.29) is 0 Å². The molecule has 0 amide bonds. The van der Waals surface area contributed by atoms with Crippen LogP contribution in [0.2, 0.25) is 0 Å². The standard InChI is InChI=1S/C9H11NO3/c10-8(9(12)13)5-6-1-3-7(11)4-2-6/h1-4,8,11H,5,10H2,(H,12,13)/t8-/m1/s1/i1D,3D,4D,5D2,8D. The van der Waals surface area contributed by atoms with Crippen molar-refractivity contribution in [2.45, 2.75) is 12.4 Å². The van der Waals surface area contributed by atoms with E-state index in [2.05, 4.69) is 0 Å². The molecule has 0 aliphatic carbocycles. The van der Waals surface area contributed by atoms with Gasteiger partial charge in [-0.15, -0.1) is 0 Å². The van der Waals surface area contributed by atoms with E-state index in [0.29, 0.717) is 6.07 Å². The second-order valence-corrected chi connectivity index (χ2v) is 2.14. The molecule has 4 N–H and O–H groups in total. The van der Waals surface area contributed by atoms with Crippen LogP contribution in [0.1, 0.15) is 13.8 Å². The molecule has 1 aromatic carbocycles. The molecular formula is C9H11NO3. The van der Waals surface area contributed by atoms with Crippen molar-refractivity contribution in [1.29, 1.82) is 0 Å². The van der Waals surface area contributed by atoms with Crippen LogP contribution in [0.25, 0.3) is 0 Å². The van der Waals surface area contributed by atoms with Crippen LogP contribution in [0, 0.1) is 0 Å². The molecule has 0 aliphatic heterocycles. The van der Waals surface area contributed by atoms with Gasteiger partial charge in [0, 0.05) is 2.74 Å². The van der Waals surface area contributed by atoms with E-state index >= 15 is 0 Å². The Bertz CT molecular complexity index is 545. The van der Waals surface area contributed by atoms with Crippen LogP contribution in [0.5, 0.6) is 5.75 Å². The number of benzene rings is 1. The van der Waals surface area contributed by atoms with Crippen LogP contribution < -0.4 is 5.73 Å². The van der Waals surface area contributed by atoms with Crippen LogP contribution in [0.4, 0.5) is 0 Å². The SMILES string of the molecule is [2H]c1cc(C([2H])([2H])[C@@]([2H])(N)C(=O)O)c([2H])c([2H])c1O. The lowest BCUT2D eigenvalue weighted by Crippen LogP contribution is -2.32. The van der Waals surface area contributed by atoms with Gasteiger partial charge in [0.05, 0.1) is 5.48 Å². The summed E-state index contributed by atoms with van der Waals surface area (Å²) in [5, 5.41) is 18.0. The highest BCUT2D eigenvalue weighted by atomic mass is 16.4. The molecule has 13 heavy (non-hydrogen) atoms. The van der Waals surface area contributed by atoms with E-state index in [1.807, 2.05) is 0 Å². The Morgan fingerprint density at radius 3 is 3.08 bits per heavy atom. The fraction of sp³-hybridized carbons (Fsp3) is 0.222. The summed E-state index contributed by atoms with van der Waals surface area (Å²) in [4.78, 5) is 10.8. The molecular weight excluding hydrogens is 170 g/mol. The first kappa shape index (κ1) is 4.11. The lowest BCUT2D eigenvalue weighted by Gasteiger charge is -2.05. The van der Waals surface area contributed by atoms with Crippen molar-refractivity contribution in [2.75, 3.05) is 0 Å². The molecule has 1 atom stereocenters. The average Bonchev–Trinajstić information content (AvgIpc) is 2.30. The third-order valence-corrected chi connectivity index (χ3v) is 1.17. The van der Waals surface area contributed by atoms with Crippen molar-refractivity contribution in [3.63, 3.8) is 0 Å². The Morgan fingerprint density at radius 1 is 1.77 bits per heavy atom. The fourth-order valence-corrected chi connectivity index (χ4v) is 0.605. The molecule has 1 rings (SSSR count). The van der Waals surface area contributed by atoms with Gasteiger partial charge in [-0.05, 0) is 24.0 Å². The van der Waals surface area contributed by atoms with Gasteiger partial charge in [-0.1, -0.05) is 12.1 Å². The summed E-state index contributed by atoms with van der Waals surface area (Å²) < 4.78 is 44.7. The molecule has 0 heterocycles. The summed E-state index contributed by atoms with van der Waals surface area (Å²) in [7, 11) is 0. The molecule has 0 unspecified atom stereocenters. The minimum Gasteiger partial charge on any atom is -0.508 e. The Hall–Kier alpha value is -1.55. The first-order valence-corrected chi connectivity index (χ1v) is 3.27. The summed E-state index contributed by atoms with van der Waals surface area (Å²) in [6, 6.07) is -4.71. The van der Waals surface area contributed by atoms with E-state index in [1.54, 1.807) is 0 Å². The number of hydrogen-bond acceptors (Lipinski definition) is 3. The zero-order valence-electron chi connectivity index (χ0n) is 12.5. The molecule has 0 aliphatic rings. The number of nitrogens with two attached hydrogens (primary N) is 1. The number of carboxylic acids is 1. The predicted molar refractivity (Wildman–Crippen MR) is 47.4 cm³/mol. The maximum absolute atomic E-state index is 10.8. The van der Waals surface area contributed by atoms with E-state index in [9.17, 15) is 9.90 Å². The molecule has 4 heteroatoms. The number of phenols is 1. The van der Waals surface area contributed by atoms with Gasteiger partial charge in [0.2, 0.25) is 0 Å². The first-order chi connectivity index (χ1) is 8.44. The fourth-order valence-electron chi connectivity index (χ4n) is 0.605. The van der Waals surface area contributed by atoms with Gasteiger partial charge in [0.1, 0.15) is 11.8 Å². The van der Waals surface area contributed by atoms with Gasteiger partial charge in [-0.2, -0.15) is 0 Å². The molecule has 0 saturated heterocycles. The minimum absolute atomic E-state index is 0.652. The Morgan fingerprint density at radius 2 is 2.46 bits per heavy atom. The second kappa shape index (κ2) is 3.91. The second-order valence-electron chi connectivity index (χ2n) is 2.14. The monoisotopic (exact) mass is 187 g/mol. The minimum atomic E-state index is -3.10. The largest absolute Gasteiger partial charge is 0.508 e. The summed E-state index contributed by atoms with van der Waals surface area (Å²) in [5.74, 6) is -2.78. The zero-order chi connectivity index (χ0) is 15.2. The molecule has 70 valence electrons. The quantitative estimate of drug-likeness (QED) is 0.637. The predicted octanol–water partition coefficient (Wildman–Crippen LogP) is 0.347. The van der Waals surface area contributed by atoms with Crippen molar-refractivity contribution in [3.8, 4) is 5.75 Å². The molecule has 0 aromatic heterocycles. The third kappa shape index (κ3) is 2.76. The number of carboxylic acid groups (broad SMARTS) is 1. The normalized spacial score (nSPS) is 22.5. The van der Waals surface area contributed by atoms with Gasteiger partial charge < -0.3 is 15.9 Å². The van der Waals surface area contributed by atoms with Crippen molar-refractivity contribution < 1.29 is 23.2 Å². The molecule has 1 aromatic rings. The first-order valence-electron chi connectivity index (χ1n) is 6.27. The summed E-state index contributed by atoms with van der Waals surface area (Å²) in [6.07, 6.45) is -3.02. The maximum atomic E-state index is 10.8. The van der Waals surface area contributed by atoms with Gasteiger partial charge in [-0.3, -0.25) is 4.79 Å². The summed E-state index contributed by atoms with van der Waals surface area (Å²) >= 11 is 0. The molecule has 0 saturated carbocycles. The van der Waals surface area contributed by atoms with Crippen molar-refractivity contribution in [2.24, 2.45) is 5.73 Å². The van der Waals surface area contributed by atoms with E-state index in [4.69, 9.17) is 19.1 Å². The zero-order valence-corrected chi connectivity index (χ0v) is 6.46. The smallest absolute Gasteiger partial charge is 0.320 e. The van der Waals surface area contributed by atoms with Gasteiger partial charge in [0.25, 0.3) is 0 Å². The van der Waals surface area contributed by atoms with Crippen LogP contribution >= 0.6 is 0 Å². The number of phenolic OH excluding ortho intramolecular Hbond substituents is 1. The van der Waals surface area contributed by atoms with Crippen molar-refractivity contribution >= 4 is 5.97 Å². The summed E-state index contributed by atoms with van der Waals surface area (Å²) in [5.41, 5.74) is 4.39. The van der Waals surface area contributed by atoms with Crippen LogP contribution in [-0.4, -0.2) is 22.2 Å². The van der Waals surface area contributed by atoms with Crippen LogP contribution in [0.15, 0.2) is 24.2 Å². The van der Waals surface area contributed by atoms with Gasteiger partial charge in [0.15, 0.2) is 0 Å². The number of hydrogen-bond donors (Lipinski definition) is 3. The molecule has 0 spiro atoms. The molecule has 0 bridgehead atoms. The summed E-state index contributed by atoms with van der Waals surface area (Å²) in [6.45, 7) is 0. The van der Waals surface area contributed by atoms with Crippen LogP contribution in [-0.2, 0) is 11.2 Å². The van der Waals surface area contributed by atoms with Gasteiger partial charge >= 0.3 is 5.97 Å². The van der Waals surface area contributed by atoms with Gasteiger partial charge in [-0.25, -0.2) is 0 Å². The molecule has 0 fully saturated rings. The highest BCUT2D eigenvalue weighted by Gasteiger charge is 2.11. The lowest BCUT2D eigenvalue weighted by molar-refractivity contribution is -0.138. The Labute approximate surface area is 84.0 Å². The molecule has 0 radical (unpaired) electrons. The Kier molecular flexibility index (Phi) is 1.23. The highest BCUT2D eigenvalue weighted by molar-refractivity contribution is 5.73. The number of aliphatic carboxylic acids is 1. The highest BCUT2D eigenvalue weighted by Crippen LogP contribution is 2.10. The lowest BCUT2D eigenvalue weighted by atomic mass is 10.1. The van der Waals surface area contributed by atoms with Crippen LogP contribution in [0.3, 0.4) is 0 Å². The third-order valence-electron chi connectivity index (χ3n) is 1.17. The average molecular weight is 187 g/mol. The number of aromatic hydroxyl groups is 1. The van der Waals surface area contributed by atoms with Crippen molar-refractivity contribution in [1.82, 2.24) is 0 Å². The number of rotatable bonds is 3. The Balaban J connectivity index is 3.59. The maximum Gasteiger partial charge on any atom is 0.320 e. The van der Waals surface area contributed by atoms with Crippen molar-refractivity contribution in [3.05, 3.63) is 29.8 Å². The topological polar surface area (TPSA) is 83.6 Å². The molecule has 4 nitrogen and oxygen atoms in total. The van der Waals surface area contributed by atoms with E-state index in [1.165, 1.54) is 0 Å². The van der Waals surface area contributed by atoms with E-state index in [0.717, 1.165) is 0 Å². The number of carbonyl (C=O) groups is 1. The van der Waals surface area contributed by atoms with E-state index < -0.39 is 47.8 Å².